The number of aromatic amines is 1. The van der Waals surface area contributed by atoms with E-state index in [1.165, 1.54) is 0 Å². The van der Waals surface area contributed by atoms with Crippen LogP contribution in [0.4, 0.5) is 0 Å². The summed E-state index contributed by atoms with van der Waals surface area (Å²) in [6, 6.07) is 0.543. The molecule has 4 heteroatoms. The molecule has 0 saturated carbocycles. The maximum absolute atomic E-state index is 5.49. The van der Waals surface area contributed by atoms with Crippen LogP contribution in [-0.4, -0.2) is 35.3 Å². The van der Waals surface area contributed by atoms with E-state index in [-0.39, 0.29) is 0 Å². The molecular formula is C11H19N3O. The number of imidazole rings is 1. The lowest BCUT2D eigenvalue weighted by Gasteiger charge is -2.15. The number of aryl methyl sites for hydroxylation is 1. The standard InChI is InChI=1S/C11H19N3O/c1-9-10(4-8-15-9)12-5-2-3-11-13-6-7-14-11/h6-7,9-10,12H,2-5,8H2,1H3,(H,13,14). The minimum atomic E-state index is 0.369. The minimum Gasteiger partial charge on any atom is -0.377 e. The molecule has 2 N–H and O–H groups in total. The van der Waals surface area contributed by atoms with E-state index in [2.05, 4.69) is 22.2 Å². The Morgan fingerprint density at radius 1 is 1.67 bits per heavy atom. The van der Waals surface area contributed by atoms with Crippen molar-refractivity contribution in [1.29, 1.82) is 0 Å². The number of nitrogens with zero attached hydrogens (tertiary/aromatic N) is 1. The molecule has 0 spiro atoms. The van der Waals surface area contributed by atoms with Crippen LogP contribution in [0.15, 0.2) is 12.4 Å². The molecule has 0 aromatic carbocycles. The fourth-order valence-electron chi connectivity index (χ4n) is 1.98. The molecule has 2 unspecified atom stereocenters. The number of H-pyrrole nitrogens is 1. The normalized spacial score (nSPS) is 25.9. The summed E-state index contributed by atoms with van der Waals surface area (Å²) in [6.07, 6.45) is 7.32. The summed E-state index contributed by atoms with van der Waals surface area (Å²) in [6.45, 7) is 4.08. The Morgan fingerprint density at radius 3 is 3.27 bits per heavy atom. The topological polar surface area (TPSA) is 49.9 Å². The fourth-order valence-corrected chi connectivity index (χ4v) is 1.98. The van der Waals surface area contributed by atoms with Crippen molar-refractivity contribution >= 4 is 0 Å². The van der Waals surface area contributed by atoms with E-state index in [9.17, 15) is 0 Å². The monoisotopic (exact) mass is 209 g/mol. The Bertz CT molecular complexity index is 273. The number of hydrogen-bond donors (Lipinski definition) is 2. The van der Waals surface area contributed by atoms with Crippen LogP contribution in [0.5, 0.6) is 0 Å². The van der Waals surface area contributed by atoms with Gasteiger partial charge in [-0.2, -0.15) is 0 Å². The van der Waals surface area contributed by atoms with Crippen LogP contribution in [0.2, 0.25) is 0 Å². The number of aromatic nitrogens is 2. The largest absolute Gasteiger partial charge is 0.377 e. The van der Waals surface area contributed by atoms with Gasteiger partial charge in [-0.05, 0) is 26.3 Å². The molecule has 2 rings (SSSR count). The quantitative estimate of drug-likeness (QED) is 0.714. The Hall–Kier alpha value is -0.870. The maximum Gasteiger partial charge on any atom is 0.106 e. The van der Waals surface area contributed by atoms with Crippen molar-refractivity contribution in [3.63, 3.8) is 0 Å². The third-order valence-corrected chi connectivity index (χ3v) is 2.93. The number of ether oxygens (including phenoxy) is 1. The van der Waals surface area contributed by atoms with E-state index in [0.29, 0.717) is 12.1 Å². The van der Waals surface area contributed by atoms with Crippen molar-refractivity contribution in [3.8, 4) is 0 Å². The zero-order chi connectivity index (χ0) is 10.5. The summed E-state index contributed by atoms with van der Waals surface area (Å²) < 4.78 is 5.49. The van der Waals surface area contributed by atoms with Gasteiger partial charge in [-0.25, -0.2) is 4.98 Å². The Balaban J connectivity index is 1.59. The summed E-state index contributed by atoms with van der Waals surface area (Å²) in [5, 5.41) is 3.53. The van der Waals surface area contributed by atoms with Crippen molar-refractivity contribution in [2.45, 2.75) is 38.3 Å². The molecule has 0 bridgehead atoms. The van der Waals surface area contributed by atoms with Gasteiger partial charge >= 0.3 is 0 Å². The van der Waals surface area contributed by atoms with Crippen LogP contribution >= 0.6 is 0 Å². The van der Waals surface area contributed by atoms with Crippen molar-refractivity contribution in [2.24, 2.45) is 0 Å². The van der Waals surface area contributed by atoms with Crippen LogP contribution < -0.4 is 5.32 Å². The molecule has 1 saturated heterocycles. The van der Waals surface area contributed by atoms with Gasteiger partial charge in [-0.3, -0.25) is 0 Å². The van der Waals surface area contributed by atoms with E-state index >= 15 is 0 Å². The average Bonchev–Trinajstić information content (AvgIpc) is 2.85. The first-order valence-corrected chi connectivity index (χ1v) is 5.69. The van der Waals surface area contributed by atoms with Crippen LogP contribution in [0, 0.1) is 0 Å². The molecule has 15 heavy (non-hydrogen) atoms. The zero-order valence-electron chi connectivity index (χ0n) is 9.20. The van der Waals surface area contributed by atoms with Crippen molar-refractivity contribution in [3.05, 3.63) is 18.2 Å². The summed E-state index contributed by atoms with van der Waals surface area (Å²) >= 11 is 0. The highest BCUT2D eigenvalue weighted by molar-refractivity contribution is 4.87. The highest BCUT2D eigenvalue weighted by Gasteiger charge is 2.22. The Kier molecular flexibility index (Phi) is 3.75. The van der Waals surface area contributed by atoms with Gasteiger partial charge in [0.2, 0.25) is 0 Å². The second-order valence-corrected chi connectivity index (χ2v) is 4.06. The zero-order valence-corrected chi connectivity index (χ0v) is 9.20. The van der Waals surface area contributed by atoms with Gasteiger partial charge in [0, 0.05) is 31.5 Å². The van der Waals surface area contributed by atoms with E-state index in [4.69, 9.17) is 4.74 Å². The van der Waals surface area contributed by atoms with Crippen molar-refractivity contribution in [1.82, 2.24) is 15.3 Å². The van der Waals surface area contributed by atoms with Crippen molar-refractivity contribution < 1.29 is 4.74 Å². The smallest absolute Gasteiger partial charge is 0.106 e. The second kappa shape index (κ2) is 5.28. The van der Waals surface area contributed by atoms with E-state index in [0.717, 1.165) is 38.2 Å². The van der Waals surface area contributed by atoms with Gasteiger partial charge in [0.25, 0.3) is 0 Å². The summed E-state index contributed by atoms with van der Waals surface area (Å²) in [5.74, 6) is 1.08. The highest BCUT2D eigenvalue weighted by Crippen LogP contribution is 2.12. The van der Waals surface area contributed by atoms with Crippen molar-refractivity contribution in [2.75, 3.05) is 13.2 Å². The molecule has 2 heterocycles. The van der Waals surface area contributed by atoms with Gasteiger partial charge in [-0.15, -0.1) is 0 Å². The average molecular weight is 209 g/mol. The summed E-state index contributed by atoms with van der Waals surface area (Å²) in [5.41, 5.74) is 0. The highest BCUT2D eigenvalue weighted by atomic mass is 16.5. The maximum atomic E-state index is 5.49. The predicted octanol–water partition coefficient (Wildman–Crippen LogP) is 1.11. The van der Waals surface area contributed by atoms with E-state index in [1.807, 2.05) is 6.20 Å². The molecule has 4 nitrogen and oxygen atoms in total. The van der Waals surface area contributed by atoms with Gasteiger partial charge in [0.15, 0.2) is 0 Å². The minimum absolute atomic E-state index is 0.369. The predicted molar refractivity (Wildman–Crippen MR) is 58.7 cm³/mol. The first-order valence-electron chi connectivity index (χ1n) is 5.69. The molecule has 84 valence electrons. The van der Waals surface area contributed by atoms with Gasteiger partial charge in [-0.1, -0.05) is 0 Å². The molecule has 1 aromatic rings. The van der Waals surface area contributed by atoms with Crippen LogP contribution in [0.25, 0.3) is 0 Å². The molecule has 0 aliphatic carbocycles. The van der Waals surface area contributed by atoms with E-state index in [1.54, 1.807) is 6.20 Å². The van der Waals surface area contributed by atoms with Crippen LogP contribution in [0.1, 0.15) is 25.6 Å². The molecule has 0 radical (unpaired) electrons. The lowest BCUT2D eigenvalue weighted by Crippen LogP contribution is -2.35. The van der Waals surface area contributed by atoms with Gasteiger partial charge in [0.05, 0.1) is 6.10 Å². The number of nitrogens with one attached hydrogen (secondary N) is 2. The molecule has 1 aliphatic rings. The first kappa shape index (κ1) is 10.6. The molecule has 2 atom stereocenters. The van der Waals surface area contributed by atoms with E-state index < -0.39 is 0 Å². The lowest BCUT2D eigenvalue weighted by atomic mass is 10.1. The third-order valence-electron chi connectivity index (χ3n) is 2.93. The third kappa shape index (κ3) is 3.04. The molecule has 1 fully saturated rings. The summed E-state index contributed by atoms with van der Waals surface area (Å²) in [7, 11) is 0. The fraction of sp³-hybridized carbons (Fsp3) is 0.727. The lowest BCUT2D eigenvalue weighted by molar-refractivity contribution is 0.113. The SMILES string of the molecule is CC1OCCC1NCCCc1ncc[nH]1. The summed E-state index contributed by atoms with van der Waals surface area (Å²) in [4.78, 5) is 7.30. The molecular weight excluding hydrogens is 190 g/mol. The van der Waals surface area contributed by atoms with Gasteiger partial charge < -0.3 is 15.0 Å². The van der Waals surface area contributed by atoms with Gasteiger partial charge in [0.1, 0.15) is 5.82 Å². The molecule has 0 amide bonds. The Labute approximate surface area is 90.4 Å². The molecule has 1 aliphatic heterocycles. The Morgan fingerprint density at radius 2 is 2.60 bits per heavy atom. The molecule has 1 aromatic heterocycles. The number of rotatable bonds is 5. The number of hydrogen-bond acceptors (Lipinski definition) is 3. The first-order chi connectivity index (χ1) is 7.36. The van der Waals surface area contributed by atoms with Crippen LogP contribution in [-0.2, 0) is 11.2 Å². The second-order valence-electron chi connectivity index (χ2n) is 4.06. The van der Waals surface area contributed by atoms with Crippen LogP contribution in [0.3, 0.4) is 0 Å².